The fourth-order valence-corrected chi connectivity index (χ4v) is 2.97. The highest BCUT2D eigenvalue weighted by atomic mass is 127. The molecule has 2 rings (SSSR count). The smallest absolute Gasteiger partial charge is 0.326 e. The van der Waals surface area contributed by atoms with Gasteiger partial charge in [-0.25, -0.2) is 0 Å². The molecule has 110 valence electrons. The number of nitrogens with zero attached hydrogens (tertiary/aromatic N) is 1. The lowest BCUT2D eigenvalue weighted by Gasteiger charge is -2.27. The van der Waals surface area contributed by atoms with Gasteiger partial charge >= 0.3 is 5.97 Å². The lowest BCUT2D eigenvalue weighted by Crippen LogP contribution is -2.35. The maximum Gasteiger partial charge on any atom is 0.326 e. The molecular weight excluding hydrogens is 365 g/mol. The van der Waals surface area contributed by atoms with E-state index in [4.69, 9.17) is 4.74 Å². The van der Waals surface area contributed by atoms with Crippen molar-refractivity contribution in [1.82, 2.24) is 4.90 Å². The van der Waals surface area contributed by atoms with Gasteiger partial charge in [-0.2, -0.15) is 0 Å². The van der Waals surface area contributed by atoms with Gasteiger partial charge < -0.3 is 4.74 Å². The van der Waals surface area contributed by atoms with Gasteiger partial charge in [0, 0.05) is 6.54 Å². The summed E-state index contributed by atoms with van der Waals surface area (Å²) in [4.78, 5) is 14.6. The first-order valence-electron chi connectivity index (χ1n) is 7.25. The average Bonchev–Trinajstić information content (AvgIpc) is 2.49. The molecule has 1 saturated heterocycles. The van der Waals surface area contributed by atoms with Gasteiger partial charge in [0.05, 0.1) is 0 Å². The Hall–Kier alpha value is -0.620. The van der Waals surface area contributed by atoms with E-state index in [-0.39, 0.29) is 5.97 Å². The quantitative estimate of drug-likeness (QED) is 0.441. The Morgan fingerprint density at radius 3 is 2.55 bits per heavy atom. The first kappa shape index (κ1) is 15.8. The van der Waals surface area contributed by atoms with Crippen molar-refractivity contribution < 1.29 is 9.53 Å². The Bertz CT molecular complexity index is 427. The summed E-state index contributed by atoms with van der Waals surface area (Å²) < 4.78 is 4.87. The van der Waals surface area contributed by atoms with Crippen molar-refractivity contribution in [3.05, 3.63) is 35.9 Å². The normalized spacial score (nSPS) is 19.3. The van der Waals surface area contributed by atoms with E-state index in [1.165, 1.54) is 19.3 Å². The third kappa shape index (κ3) is 4.19. The first-order valence-corrected chi connectivity index (χ1v) is 8.32. The second-order valence-electron chi connectivity index (χ2n) is 5.41. The minimum atomic E-state index is -0.610. The summed E-state index contributed by atoms with van der Waals surface area (Å²) in [6.07, 6.45) is 3.86. The first-order chi connectivity index (χ1) is 9.60. The summed E-state index contributed by atoms with van der Waals surface area (Å²) in [5.74, 6) is -0.152. The molecule has 1 unspecified atom stereocenters. The third-order valence-electron chi connectivity index (χ3n) is 3.79. The van der Waals surface area contributed by atoms with E-state index in [0.29, 0.717) is 6.61 Å². The fraction of sp³-hybridized carbons (Fsp3) is 0.562. The third-order valence-corrected chi connectivity index (χ3v) is 4.85. The lowest BCUT2D eigenvalue weighted by molar-refractivity contribution is -0.146. The number of rotatable bonds is 5. The zero-order valence-electron chi connectivity index (χ0n) is 12.0. The van der Waals surface area contributed by atoms with E-state index in [9.17, 15) is 4.79 Å². The number of carbonyl (C=O) groups is 1. The van der Waals surface area contributed by atoms with E-state index in [2.05, 4.69) is 27.5 Å². The summed E-state index contributed by atoms with van der Waals surface area (Å²) in [6.45, 7) is 5.53. The molecule has 0 saturated carbocycles. The molecule has 1 aliphatic rings. The molecule has 0 bridgehead atoms. The highest BCUT2D eigenvalue weighted by molar-refractivity contribution is 14.1. The highest BCUT2D eigenvalue weighted by Crippen LogP contribution is 2.32. The number of carbonyl (C=O) groups excluding carboxylic acids is 1. The average molecular weight is 387 g/mol. The number of likely N-dealkylation sites (tertiary alicyclic amines) is 1. The van der Waals surface area contributed by atoms with E-state index in [0.717, 1.165) is 25.2 Å². The molecule has 3 nitrogen and oxygen atoms in total. The molecule has 20 heavy (non-hydrogen) atoms. The van der Waals surface area contributed by atoms with E-state index in [1.807, 2.05) is 37.3 Å². The van der Waals surface area contributed by atoms with Crippen LogP contribution >= 0.6 is 22.6 Å². The van der Waals surface area contributed by atoms with E-state index >= 15 is 0 Å². The maximum absolute atomic E-state index is 12.3. The second-order valence-corrected chi connectivity index (χ2v) is 7.56. The molecule has 0 spiro atoms. The van der Waals surface area contributed by atoms with Gasteiger partial charge in [-0.05, 0) is 38.4 Å². The monoisotopic (exact) mass is 387 g/mol. The molecule has 0 amide bonds. The molecule has 1 fully saturated rings. The Labute approximate surface area is 134 Å². The number of piperidine rings is 1. The zero-order chi connectivity index (χ0) is 14.4. The predicted molar refractivity (Wildman–Crippen MR) is 89.1 cm³/mol. The summed E-state index contributed by atoms with van der Waals surface area (Å²) in [6, 6.07) is 9.80. The minimum Gasteiger partial charge on any atom is -0.463 e. The summed E-state index contributed by atoms with van der Waals surface area (Å²) in [7, 11) is 0. The van der Waals surface area contributed by atoms with Gasteiger partial charge in [0.25, 0.3) is 0 Å². The van der Waals surface area contributed by atoms with Crippen LogP contribution in [0.15, 0.2) is 30.3 Å². The van der Waals surface area contributed by atoms with E-state index < -0.39 is 3.42 Å². The standard InChI is InChI=1S/C16H22INO2/c1-16(17,14-8-4-2-5-9-14)15(19)20-13-12-18-10-6-3-7-11-18/h2,4-5,8-9H,3,6-7,10-13H2,1H3. The Balaban J connectivity index is 1.81. The van der Waals surface area contributed by atoms with Crippen LogP contribution in [0.5, 0.6) is 0 Å². The van der Waals surface area contributed by atoms with Crippen molar-refractivity contribution in [1.29, 1.82) is 0 Å². The summed E-state index contributed by atoms with van der Waals surface area (Å²) >= 11 is 2.17. The maximum atomic E-state index is 12.3. The van der Waals surface area contributed by atoms with Gasteiger partial charge in [0.15, 0.2) is 0 Å². The Kier molecular flexibility index (Phi) is 5.84. The van der Waals surface area contributed by atoms with Crippen LogP contribution in [-0.4, -0.2) is 37.1 Å². The molecule has 1 aliphatic heterocycles. The van der Waals surface area contributed by atoms with Gasteiger partial charge in [-0.3, -0.25) is 9.69 Å². The second kappa shape index (κ2) is 7.41. The number of benzene rings is 1. The minimum absolute atomic E-state index is 0.152. The number of hydrogen-bond donors (Lipinski definition) is 0. The predicted octanol–water partition coefficient (Wildman–Crippen LogP) is 3.37. The molecule has 0 radical (unpaired) electrons. The molecule has 4 heteroatoms. The Morgan fingerprint density at radius 1 is 1.25 bits per heavy atom. The zero-order valence-corrected chi connectivity index (χ0v) is 14.1. The molecule has 1 atom stereocenters. The van der Waals surface area contributed by atoms with Crippen LogP contribution in [0.2, 0.25) is 0 Å². The van der Waals surface area contributed by atoms with Crippen LogP contribution in [0.4, 0.5) is 0 Å². The molecule has 0 aromatic heterocycles. The van der Waals surface area contributed by atoms with Gasteiger partial charge in [-0.15, -0.1) is 0 Å². The number of halogens is 1. The van der Waals surface area contributed by atoms with Crippen LogP contribution in [-0.2, 0) is 13.0 Å². The SMILES string of the molecule is CC(I)(C(=O)OCCN1CCCCC1)c1ccccc1. The van der Waals surface area contributed by atoms with Crippen LogP contribution in [0.25, 0.3) is 0 Å². The Morgan fingerprint density at radius 2 is 1.90 bits per heavy atom. The summed E-state index contributed by atoms with van der Waals surface area (Å²) in [5.41, 5.74) is 0.989. The van der Waals surface area contributed by atoms with Crippen LogP contribution in [0.1, 0.15) is 31.7 Å². The van der Waals surface area contributed by atoms with Crippen molar-refractivity contribution in [2.24, 2.45) is 0 Å². The highest BCUT2D eigenvalue weighted by Gasteiger charge is 2.33. The molecule has 0 aliphatic carbocycles. The number of ether oxygens (including phenoxy) is 1. The number of alkyl halides is 1. The van der Waals surface area contributed by atoms with Gasteiger partial charge in [-0.1, -0.05) is 59.3 Å². The topological polar surface area (TPSA) is 29.5 Å². The van der Waals surface area contributed by atoms with Crippen molar-refractivity contribution >= 4 is 28.6 Å². The van der Waals surface area contributed by atoms with Crippen LogP contribution in [0.3, 0.4) is 0 Å². The molecule has 1 heterocycles. The van der Waals surface area contributed by atoms with Gasteiger partial charge in [0.2, 0.25) is 0 Å². The van der Waals surface area contributed by atoms with Crippen molar-refractivity contribution in [2.75, 3.05) is 26.2 Å². The van der Waals surface area contributed by atoms with Crippen molar-refractivity contribution in [3.8, 4) is 0 Å². The lowest BCUT2D eigenvalue weighted by atomic mass is 10.0. The van der Waals surface area contributed by atoms with E-state index in [1.54, 1.807) is 0 Å². The van der Waals surface area contributed by atoms with Gasteiger partial charge in [0.1, 0.15) is 10.0 Å². The molecular formula is C16H22INO2. The van der Waals surface area contributed by atoms with Crippen LogP contribution < -0.4 is 0 Å². The number of hydrogen-bond acceptors (Lipinski definition) is 3. The van der Waals surface area contributed by atoms with Crippen molar-refractivity contribution in [3.63, 3.8) is 0 Å². The van der Waals surface area contributed by atoms with Crippen molar-refractivity contribution in [2.45, 2.75) is 29.6 Å². The van der Waals surface area contributed by atoms with Crippen LogP contribution in [0, 0.1) is 0 Å². The molecule has 1 aromatic carbocycles. The fourth-order valence-electron chi connectivity index (χ4n) is 2.45. The molecule has 1 aromatic rings. The molecule has 0 N–H and O–H groups in total. The summed E-state index contributed by atoms with van der Waals surface area (Å²) in [5, 5.41) is 0. The number of esters is 1. The largest absolute Gasteiger partial charge is 0.463 e.